The van der Waals surface area contributed by atoms with Crippen molar-refractivity contribution >= 4 is 18.0 Å². The van der Waals surface area contributed by atoms with Gasteiger partial charge in [-0.25, -0.2) is 0 Å². The van der Waals surface area contributed by atoms with Crippen LogP contribution in [0.4, 0.5) is 5.69 Å². The van der Waals surface area contributed by atoms with E-state index in [1.54, 1.807) is 7.11 Å². The lowest BCUT2D eigenvalue weighted by molar-refractivity contribution is -0.136. The van der Waals surface area contributed by atoms with E-state index in [-0.39, 0.29) is 29.5 Å². The molecule has 29 heavy (non-hydrogen) atoms. The van der Waals surface area contributed by atoms with Crippen LogP contribution < -0.4 is 4.90 Å². The predicted octanol–water partition coefficient (Wildman–Crippen LogP) is 2.35. The second kappa shape index (κ2) is 7.10. The van der Waals surface area contributed by atoms with Crippen LogP contribution in [0.5, 0.6) is 0 Å². The highest BCUT2D eigenvalue weighted by Crippen LogP contribution is 2.61. The number of para-hydroxylation sites is 1. The summed E-state index contributed by atoms with van der Waals surface area (Å²) in [5.41, 5.74) is 1.88. The molecule has 0 aromatic heterocycles. The van der Waals surface area contributed by atoms with E-state index in [4.69, 9.17) is 9.47 Å². The first kappa shape index (κ1) is 19.1. The minimum Gasteiger partial charge on any atom is -0.385 e. The van der Waals surface area contributed by atoms with Crippen molar-refractivity contribution in [3.05, 3.63) is 29.8 Å². The molecule has 1 aliphatic carbocycles. The molecule has 4 aliphatic rings. The summed E-state index contributed by atoms with van der Waals surface area (Å²) in [4.78, 5) is 29.3. The second-order valence-electron chi connectivity index (χ2n) is 9.12. The van der Waals surface area contributed by atoms with Crippen molar-refractivity contribution in [3.8, 4) is 0 Å². The van der Waals surface area contributed by atoms with Gasteiger partial charge in [-0.15, -0.1) is 0 Å². The van der Waals surface area contributed by atoms with Gasteiger partial charge >= 0.3 is 0 Å². The molecule has 3 heterocycles. The molecule has 1 aromatic rings. The van der Waals surface area contributed by atoms with Gasteiger partial charge in [-0.3, -0.25) is 9.59 Å². The number of hydrogen-bond donors (Lipinski definition) is 0. The molecule has 5 rings (SSSR count). The molecular formula is C23H30N2O4. The van der Waals surface area contributed by atoms with Crippen LogP contribution in [0, 0.1) is 11.8 Å². The molecule has 156 valence electrons. The average Bonchev–Trinajstić information content (AvgIpc) is 2.89. The van der Waals surface area contributed by atoms with E-state index in [9.17, 15) is 9.59 Å². The van der Waals surface area contributed by atoms with Gasteiger partial charge in [-0.2, -0.15) is 0 Å². The van der Waals surface area contributed by atoms with Crippen molar-refractivity contribution in [3.63, 3.8) is 0 Å². The van der Waals surface area contributed by atoms with E-state index in [2.05, 4.69) is 23.1 Å². The van der Waals surface area contributed by atoms with Crippen LogP contribution in [0.2, 0.25) is 0 Å². The number of fused-ring (bicyclic) bond motifs is 3. The van der Waals surface area contributed by atoms with Crippen LogP contribution in [0.3, 0.4) is 0 Å². The summed E-state index contributed by atoms with van der Waals surface area (Å²) in [6.45, 7) is 1.32. The monoisotopic (exact) mass is 398 g/mol. The van der Waals surface area contributed by atoms with Gasteiger partial charge in [0.05, 0.1) is 18.6 Å². The fraction of sp³-hybridized carbons (Fsp3) is 0.652. The van der Waals surface area contributed by atoms with Crippen molar-refractivity contribution in [2.75, 3.05) is 32.3 Å². The minimum absolute atomic E-state index is 0.0185. The third kappa shape index (κ3) is 2.55. The lowest BCUT2D eigenvalue weighted by Gasteiger charge is -2.58. The molecule has 2 amide bonds. The van der Waals surface area contributed by atoms with Crippen LogP contribution in [-0.2, 0) is 24.5 Å². The van der Waals surface area contributed by atoms with Crippen molar-refractivity contribution in [1.82, 2.24) is 4.90 Å². The van der Waals surface area contributed by atoms with Gasteiger partial charge in [0.1, 0.15) is 0 Å². The number of anilines is 1. The lowest BCUT2D eigenvalue weighted by Crippen LogP contribution is -2.69. The molecule has 0 radical (unpaired) electrons. The van der Waals surface area contributed by atoms with Gasteiger partial charge in [-0.1, -0.05) is 18.2 Å². The molecule has 0 bridgehead atoms. The van der Waals surface area contributed by atoms with Crippen molar-refractivity contribution in [2.24, 2.45) is 11.8 Å². The normalized spacial score (nSPS) is 37.5. The smallest absolute Gasteiger partial charge is 0.229 e. The van der Waals surface area contributed by atoms with Gasteiger partial charge in [-0.05, 0) is 43.2 Å². The molecule has 0 N–H and O–H groups in total. The number of carbonyl (C=O) groups is 2. The average molecular weight is 399 g/mol. The summed E-state index contributed by atoms with van der Waals surface area (Å²) in [7, 11) is 3.62. The predicted molar refractivity (Wildman–Crippen MR) is 109 cm³/mol. The maximum atomic E-state index is 13.4. The molecule has 3 fully saturated rings. The molecule has 6 nitrogen and oxygen atoms in total. The zero-order valence-corrected chi connectivity index (χ0v) is 17.3. The fourth-order valence-corrected chi connectivity index (χ4v) is 7.01. The summed E-state index contributed by atoms with van der Waals surface area (Å²) in [5, 5.41) is 0. The number of nitrogens with zero attached hydrogens (tertiary/aromatic N) is 2. The van der Waals surface area contributed by atoms with E-state index in [1.165, 1.54) is 5.56 Å². The number of hydrogen-bond acceptors (Lipinski definition) is 4. The Bertz CT molecular complexity index is 814. The Morgan fingerprint density at radius 1 is 1.38 bits per heavy atom. The number of rotatable bonds is 5. The zero-order chi connectivity index (χ0) is 20.2. The Morgan fingerprint density at radius 3 is 3.00 bits per heavy atom. The highest BCUT2D eigenvalue weighted by atomic mass is 16.5. The Labute approximate surface area is 172 Å². The van der Waals surface area contributed by atoms with E-state index >= 15 is 0 Å². The zero-order valence-electron chi connectivity index (χ0n) is 17.3. The number of piperidine rings is 1. The molecule has 3 aliphatic heterocycles. The summed E-state index contributed by atoms with van der Waals surface area (Å²) in [6, 6.07) is 8.36. The molecular weight excluding hydrogens is 368 g/mol. The second-order valence-corrected chi connectivity index (χ2v) is 9.12. The maximum absolute atomic E-state index is 13.4. The number of amides is 2. The van der Waals surface area contributed by atoms with E-state index in [1.807, 2.05) is 18.0 Å². The molecule has 6 heteroatoms. The van der Waals surface area contributed by atoms with Gasteiger partial charge in [0.25, 0.3) is 0 Å². The fourth-order valence-electron chi connectivity index (χ4n) is 7.01. The van der Waals surface area contributed by atoms with E-state index < -0.39 is 0 Å². The van der Waals surface area contributed by atoms with E-state index in [0.29, 0.717) is 24.9 Å². The largest absolute Gasteiger partial charge is 0.385 e. The van der Waals surface area contributed by atoms with Crippen LogP contribution in [0.25, 0.3) is 0 Å². The van der Waals surface area contributed by atoms with Crippen LogP contribution in [0.1, 0.15) is 37.7 Å². The third-order valence-corrected chi connectivity index (χ3v) is 8.00. The number of ether oxygens (including phenoxy) is 2. The standard InChI is InChI=1S/C23H30N2O4/c1-24(14-26)19-12-15-6-5-10-29-18-13-20(27)25-17-8-4-3-7-16(17)23(19,9-11-28-2)22(25)21(15)18/h3-4,7-8,14-15,18-19,21-22H,5-6,9-13H2,1-2H3. The summed E-state index contributed by atoms with van der Waals surface area (Å²) >= 11 is 0. The van der Waals surface area contributed by atoms with Crippen molar-refractivity contribution < 1.29 is 19.1 Å². The molecule has 6 unspecified atom stereocenters. The number of carbonyl (C=O) groups excluding carboxylic acids is 2. The maximum Gasteiger partial charge on any atom is 0.229 e. The first-order valence-electron chi connectivity index (χ1n) is 10.8. The van der Waals surface area contributed by atoms with E-state index in [0.717, 1.165) is 44.4 Å². The summed E-state index contributed by atoms with van der Waals surface area (Å²) in [5.74, 6) is 0.911. The van der Waals surface area contributed by atoms with Gasteiger partial charge in [0.15, 0.2) is 0 Å². The number of methoxy groups -OCH3 is 1. The Balaban J connectivity index is 1.75. The van der Waals surface area contributed by atoms with Crippen LogP contribution >= 0.6 is 0 Å². The van der Waals surface area contributed by atoms with Crippen molar-refractivity contribution in [2.45, 2.75) is 55.7 Å². The number of benzene rings is 1. The SMILES string of the molecule is COCCC12c3ccccc3N3C(=O)CC4OCCCC(CC1N(C)C=O)C4C32. The van der Waals surface area contributed by atoms with Gasteiger partial charge in [0, 0.05) is 50.4 Å². The topological polar surface area (TPSA) is 59.1 Å². The molecule has 1 aromatic carbocycles. The third-order valence-electron chi connectivity index (χ3n) is 8.00. The highest BCUT2D eigenvalue weighted by Gasteiger charge is 2.67. The van der Waals surface area contributed by atoms with Gasteiger partial charge in [0.2, 0.25) is 12.3 Å². The molecule has 0 spiro atoms. The molecule has 6 atom stereocenters. The van der Waals surface area contributed by atoms with Crippen LogP contribution in [0.15, 0.2) is 24.3 Å². The van der Waals surface area contributed by atoms with Crippen LogP contribution in [-0.4, -0.2) is 62.8 Å². The van der Waals surface area contributed by atoms with Crippen molar-refractivity contribution in [1.29, 1.82) is 0 Å². The summed E-state index contributed by atoms with van der Waals surface area (Å²) in [6.07, 6.45) is 5.26. The molecule has 2 saturated heterocycles. The highest BCUT2D eigenvalue weighted by molar-refractivity contribution is 5.99. The lowest BCUT2D eigenvalue weighted by atomic mass is 9.53. The molecule has 1 saturated carbocycles. The first-order valence-corrected chi connectivity index (χ1v) is 10.8. The Hall–Kier alpha value is -1.92. The first-order chi connectivity index (χ1) is 14.1. The van der Waals surface area contributed by atoms with Gasteiger partial charge < -0.3 is 19.3 Å². The summed E-state index contributed by atoms with van der Waals surface area (Å²) < 4.78 is 11.8. The minimum atomic E-state index is -0.328. The quantitative estimate of drug-likeness (QED) is 0.715. The Morgan fingerprint density at radius 2 is 2.21 bits per heavy atom. The number of likely N-dealkylation sites (N-methyl/N-ethyl adjacent to an activating group) is 1. The Kier molecular flexibility index (Phi) is 4.67.